The Morgan fingerprint density at radius 2 is 1.18 bits per heavy atom. The summed E-state index contributed by atoms with van der Waals surface area (Å²) in [6.07, 6.45) is 3.04. The molecule has 1 aliphatic carbocycles. The number of aliphatic hydroxyl groups excluding tert-OH is 1. The second-order valence-electron chi connectivity index (χ2n) is 15.6. The highest BCUT2D eigenvalue weighted by Crippen LogP contribution is 2.29. The average molecular weight is 638 g/mol. The molecule has 3 amide bonds. The van der Waals surface area contributed by atoms with Gasteiger partial charge >= 0.3 is 0 Å². The number of ether oxygens (including phenoxy) is 1. The molecule has 0 aromatic rings. The molecule has 1 rings (SSSR count). The van der Waals surface area contributed by atoms with Gasteiger partial charge in [0.25, 0.3) is 0 Å². The summed E-state index contributed by atoms with van der Waals surface area (Å²) in [6.45, 7) is 15.7. The van der Waals surface area contributed by atoms with Crippen LogP contribution in [0.5, 0.6) is 0 Å². The predicted octanol–water partition coefficient (Wildman–Crippen LogP) is 3.29. The molecule has 0 aromatic carbocycles. The van der Waals surface area contributed by atoms with Crippen LogP contribution in [0.4, 0.5) is 0 Å². The minimum absolute atomic E-state index is 0.0219. The first kappa shape index (κ1) is 40.4. The van der Waals surface area contributed by atoms with Crippen molar-refractivity contribution in [1.29, 1.82) is 0 Å². The molecule has 4 N–H and O–H groups in total. The van der Waals surface area contributed by atoms with E-state index in [1.54, 1.807) is 69.4 Å². The van der Waals surface area contributed by atoms with Gasteiger partial charge in [0.15, 0.2) is 11.6 Å². The zero-order valence-electron chi connectivity index (χ0n) is 29.3. The Morgan fingerprint density at radius 1 is 0.689 bits per heavy atom. The predicted molar refractivity (Wildman–Crippen MR) is 172 cm³/mol. The Balaban J connectivity index is 2.95. The zero-order chi connectivity index (χ0) is 34.8. The maximum atomic E-state index is 13.3. The Labute approximate surface area is 269 Å². The van der Waals surface area contributed by atoms with Crippen molar-refractivity contribution in [3.05, 3.63) is 0 Å². The van der Waals surface area contributed by atoms with Crippen LogP contribution in [-0.2, 0) is 33.5 Å². The Morgan fingerprint density at radius 3 is 1.62 bits per heavy atom. The van der Waals surface area contributed by atoms with Crippen molar-refractivity contribution in [3.8, 4) is 0 Å². The van der Waals surface area contributed by atoms with E-state index < -0.39 is 52.8 Å². The van der Waals surface area contributed by atoms with Crippen molar-refractivity contribution >= 4 is 35.1 Å². The number of carbonyl (C=O) groups excluding carboxylic acids is 6. The van der Waals surface area contributed by atoms with Crippen LogP contribution < -0.4 is 16.0 Å². The molecule has 258 valence electrons. The average Bonchev–Trinajstić information content (AvgIpc) is 2.93. The lowest BCUT2D eigenvalue weighted by Gasteiger charge is -2.30. The van der Waals surface area contributed by atoms with Crippen LogP contribution in [0.15, 0.2) is 0 Å². The highest BCUT2D eigenvalue weighted by Gasteiger charge is 2.36. The van der Waals surface area contributed by atoms with Crippen molar-refractivity contribution in [2.75, 3.05) is 20.3 Å². The molecule has 0 saturated heterocycles. The van der Waals surface area contributed by atoms with E-state index in [1.807, 2.05) is 0 Å². The quantitative estimate of drug-likeness (QED) is 0.200. The molecule has 0 aromatic heterocycles. The van der Waals surface area contributed by atoms with E-state index in [2.05, 4.69) is 16.0 Å². The van der Waals surface area contributed by atoms with Crippen LogP contribution in [-0.4, -0.2) is 78.6 Å². The molecule has 1 saturated carbocycles. The SMILES string of the molecule is COCC1CCC(C(=O)NC(CO)C(=O)NC(CCC(=O)NC(CCC(=O)C(C)(C)C)C(=O)C(C)(C)C)C(=O)C(C)(C)C)CC1. The minimum atomic E-state index is -1.26. The molecular formula is C34H59N3O8. The number of methoxy groups -OCH3 is 1. The largest absolute Gasteiger partial charge is 0.394 e. The summed E-state index contributed by atoms with van der Waals surface area (Å²) >= 11 is 0. The number of hydrogen-bond donors (Lipinski definition) is 4. The molecule has 3 atom stereocenters. The third kappa shape index (κ3) is 13.7. The molecule has 45 heavy (non-hydrogen) atoms. The Kier molecular flexibility index (Phi) is 15.5. The summed E-state index contributed by atoms with van der Waals surface area (Å²) in [5.41, 5.74) is -2.19. The summed E-state index contributed by atoms with van der Waals surface area (Å²) in [5, 5.41) is 18.0. The minimum Gasteiger partial charge on any atom is -0.394 e. The maximum absolute atomic E-state index is 13.3. The van der Waals surface area contributed by atoms with Gasteiger partial charge in [0.1, 0.15) is 11.8 Å². The van der Waals surface area contributed by atoms with Crippen LogP contribution in [0.1, 0.15) is 114 Å². The van der Waals surface area contributed by atoms with Gasteiger partial charge in [-0.25, -0.2) is 0 Å². The summed E-state index contributed by atoms with van der Waals surface area (Å²) in [6, 6.07) is -3.21. The van der Waals surface area contributed by atoms with Crippen LogP contribution in [0.25, 0.3) is 0 Å². The molecule has 11 nitrogen and oxygen atoms in total. The maximum Gasteiger partial charge on any atom is 0.245 e. The van der Waals surface area contributed by atoms with Crippen molar-refractivity contribution < 1.29 is 38.6 Å². The highest BCUT2D eigenvalue weighted by atomic mass is 16.5. The number of Topliss-reactive ketones (excluding diaryl/α,β-unsaturated/α-hetero) is 3. The van der Waals surface area contributed by atoms with Crippen LogP contribution in [0.2, 0.25) is 0 Å². The lowest BCUT2D eigenvalue weighted by molar-refractivity contribution is -0.136. The van der Waals surface area contributed by atoms with Gasteiger partial charge in [0, 0.05) is 48.7 Å². The van der Waals surface area contributed by atoms with Crippen LogP contribution >= 0.6 is 0 Å². The zero-order valence-corrected chi connectivity index (χ0v) is 29.3. The van der Waals surface area contributed by atoms with E-state index in [1.165, 1.54) is 0 Å². The molecule has 0 bridgehead atoms. The van der Waals surface area contributed by atoms with Crippen LogP contribution in [0, 0.1) is 28.1 Å². The third-order valence-electron chi connectivity index (χ3n) is 8.36. The smallest absolute Gasteiger partial charge is 0.245 e. The van der Waals surface area contributed by atoms with Gasteiger partial charge in [-0.3, -0.25) is 28.8 Å². The summed E-state index contributed by atoms with van der Waals surface area (Å²) in [4.78, 5) is 78.2. The molecule has 0 heterocycles. The fraction of sp³-hybridized carbons (Fsp3) is 0.824. The fourth-order valence-electron chi connectivity index (χ4n) is 5.36. The standard InChI is InChI=1S/C34H59N3O8/c1-32(2,3)26(39)17-15-23(28(41)33(4,5)6)35-27(40)18-16-24(29(42)34(7,8)9)36-31(44)25(19-38)37-30(43)22-13-11-21(12-14-22)20-45-10/h21-25,38H,11-20H2,1-10H3,(H,35,40)(H,36,44)(H,37,43). The molecule has 1 fully saturated rings. The summed E-state index contributed by atoms with van der Waals surface area (Å²) in [5.74, 6) is -1.96. The number of hydrogen-bond acceptors (Lipinski definition) is 8. The van der Waals surface area contributed by atoms with E-state index in [0.29, 0.717) is 25.4 Å². The number of carbonyl (C=O) groups is 6. The van der Waals surface area contributed by atoms with Crippen molar-refractivity contribution in [1.82, 2.24) is 16.0 Å². The summed E-state index contributed by atoms with van der Waals surface area (Å²) in [7, 11) is 1.65. The number of amides is 3. The second kappa shape index (κ2) is 17.3. The lowest BCUT2D eigenvalue weighted by Crippen LogP contribution is -2.55. The van der Waals surface area contributed by atoms with Crippen molar-refractivity contribution in [3.63, 3.8) is 0 Å². The molecule has 0 aliphatic heterocycles. The first-order valence-electron chi connectivity index (χ1n) is 16.2. The van der Waals surface area contributed by atoms with Gasteiger partial charge in [-0.15, -0.1) is 0 Å². The monoisotopic (exact) mass is 637 g/mol. The van der Waals surface area contributed by atoms with Crippen LogP contribution in [0.3, 0.4) is 0 Å². The fourth-order valence-corrected chi connectivity index (χ4v) is 5.36. The number of nitrogens with one attached hydrogen (secondary N) is 3. The van der Waals surface area contributed by atoms with E-state index in [4.69, 9.17) is 4.74 Å². The van der Waals surface area contributed by atoms with E-state index in [-0.39, 0.29) is 54.9 Å². The Hall–Kier alpha value is -2.66. The summed E-state index contributed by atoms with van der Waals surface area (Å²) < 4.78 is 5.21. The van der Waals surface area contributed by atoms with Gasteiger partial charge in [-0.2, -0.15) is 0 Å². The lowest BCUT2D eigenvalue weighted by atomic mass is 9.82. The number of rotatable bonds is 16. The molecule has 3 unspecified atom stereocenters. The van der Waals surface area contributed by atoms with Gasteiger partial charge < -0.3 is 25.8 Å². The van der Waals surface area contributed by atoms with E-state index in [0.717, 1.165) is 12.8 Å². The normalized spacial score (nSPS) is 19.5. The van der Waals surface area contributed by atoms with Gasteiger partial charge in [-0.1, -0.05) is 62.3 Å². The van der Waals surface area contributed by atoms with Crippen molar-refractivity contribution in [2.45, 2.75) is 132 Å². The second-order valence-corrected chi connectivity index (χ2v) is 15.6. The molecule has 11 heteroatoms. The van der Waals surface area contributed by atoms with E-state index in [9.17, 15) is 33.9 Å². The molecule has 0 radical (unpaired) electrons. The number of ketones is 3. The topological polar surface area (TPSA) is 168 Å². The number of aliphatic hydroxyl groups is 1. The van der Waals surface area contributed by atoms with Crippen molar-refractivity contribution in [2.24, 2.45) is 28.1 Å². The third-order valence-corrected chi connectivity index (χ3v) is 8.36. The first-order chi connectivity index (χ1) is 20.6. The molecule has 1 aliphatic rings. The highest BCUT2D eigenvalue weighted by molar-refractivity contribution is 5.96. The molecular weight excluding hydrogens is 578 g/mol. The first-order valence-corrected chi connectivity index (χ1v) is 16.2. The van der Waals surface area contributed by atoms with Gasteiger partial charge in [0.05, 0.1) is 18.7 Å². The van der Waals surface area contributed by atoms with E-state index >= 15 is 0 Å². The Bertz CT molecular complexity index is 1040. The van der Waals surface area contributed by atoms with Gasteiger partial charge in [-0.05, 0) is 44.4 Å². The van der Waals surface area contributed by atoms with Gasteiger partial charge in [0.2, 0.25) is 17.7 Å². The molecule has 0 spiro atoms.